The minimum absolute atomic E-state index is 0.228. The lowest BCUT2D eigenvalue weighted by Crippen LogP contribution is -2.36. The van der Waals surface area contributed by atoms with Crippen LogP contribution < -0.4 is 4.90 Å². The van der Waals surface area contributed by atoms with E-state index in [9.17, 15) is 5.11 Å². The summed E-state index contributed by atoms with van der Waals surface area (Å²) in [5.74, 6) is 1.80. The van der Waals surface area contributed by atoms with E-state index in [0.29, 0.717) is 5.82 Å². The number of imidazole rings is 1. The number of H-pyrrole nitrogens is 1. The number of para-hydroxylation sites is 2. The van der Waals surface area contributed by atoms with Gasteiger partial charge in [0.15, 0.2) is 0 Å². The topological polar surface area (TPSA) is 77.9 Å². The molecule has 6 heteroatoms. The predicted molar refractivity (Wildman–Crippen MR) is 88.0 cm³/mol. The minimum atomic E-state index is -0.519. The van der Waals surface area contributed by atoms with E-state index in [-0.39, 0.29) is 5.92 Å². The molecule has 4 rings (SSSR count). The lowest BCUT2D eigenvalue weighted by molar-refractivity contribution is 0.0856. The quantitative estimate of drug-likeness (QED) is 0.776. The highest BCUT2D eigenvalue weighted by atomic mass is 16.3. The zero-order valence-corrected chi connectivity index (χ0v) is 12.8. The first-order chi connectivity index (χ1) is 11.3. The van der Waals surface area contributed by atoms with Gasteiger partial charge < -0.3 is 15.0 Å². The van der Waals surface area contributed by atoms with Crippen LogP contribution >= 0.6 is 0 Å². The first kappa shape index (κ1) is 14.1. The van der Waals surface area contributed by atoms with Gasteiger partial charge in [0.25, 0.3) is 0 Å². The average molecular weight is 309 g/mol. The maximum absolute atomic E-state index is 10.4. The number of rotatable bonds is 3. The fourth-order valence-corrected chi connectivity index (χ4v) is 3.21. The summed E-state index contributed by atoms with van der Waals surface area (Å²) in [6.07, 6.45) is 6.57. The van der Waals surface area contributed by atoms with Crippen molar-refractivity contribution in [1.29, 1.82) is 0 Å². The summed E-state index contributed by atoms with van der Waals surface area (Å²) in [7, 11) is 0. The van der Waals surface area contributed by atoms with Crippen molar-refractivity contribution >= 4 is 16.9 Å². The maximum Gasteiger partial charge on any atom is 0.147 e. The van der Waals surface area contributed by atoms with Crippen LogP contribution in [0.15, 0.2) is 42.9 Å². The van der Waals surface area contributed by atoms with Gasteiger partial charge in [-0.25, -0.2) is 9.97 Å². The first-order valence-corrected chi connectivity index (χ1v) is 7.95. The SMILES string of the molecule is OC(c1ncc[nH]1)C1CCN(c2cnc3ccccc3n2)CC1. The number of piperidine rings is 1. The van der Waals surface area contributed by atoms with Gasteiger partial charge in [0, 0.05) is 25.5 Å². The van der Waals surface area contributed by atoms with Gasteiger partial charge in [-0.05, 0) is 30.9 Å². The number of hydrogen-bond acceptors (Lipinski definition) is 5. The number of aromatic nitrogens is 4. The molecule has 1 fully saturated rings. The van der Waals surface area contributed by atoms with Crippen LogP contribution in [0.2, 0.25) is 0 Å². The molecular formula is C17H19N5O. The van der Waals surface area contributed by atoms with E-state index in [0.717, 1.165) is 42.8 Å². The van der Waals surface area contributed by atoms with Crippen LogP contribution in [0.1, 0.15) is 24.8 Å². The molecule has 1 aliphatic rings. The van der Waals surface area contributed by atoms with Crippen LogP contribution in [0.3, 0.4) is 0 Å². The maximum atomic E-state index is 10.4. The molecule has 0 radical (unpaired) electrons. The van der Waals surface area contributed by atoms with E-state index in [4.69, 9.17) is 4.98 Å². The fraction of sp³-hybridized carbons (Fsp3) is 0.353. The number of anilines is 1. The van der Waals surface area contributed by atoms with Gasteiger partial charge in [0.1, 0.15) is 17.7 Å². The molecular weight excluding hydrogens is 290 g/mol. The van der Waals surface area contributed by atoms with Gasteiger partial charge in [-0.2, -0.15) is 0 Å². The van der Waals surface area contributed by atoms with Crippen molar-refractivity contribution < 1.29 is 5.11 Å². The molecule has 0 spiro atoms. The zero-order chi connectivity index (χ0) is 15.6. The van der Waals surface area contributed by atoms with Crippen LogP contribution in [-0.4, -0.2) is 38.1 Å². The summed E-state index contributed by atoms with van der Waals surface area (Å²) in [6.45, 7) is 1.74. The molecule has 0 aliphatic carbocycles. The molecule has 2 aromatic heterocycles. The third-order valence-corrected chi connectivity index (χ3v) is 4.55. The fourth-order valence-electron chi connectivity index (χ4n) is 3.21. The third-order valence-electron chi connectivity index (χ3n) is 4.55. The Labute approximate surface area is 134 Å². The Morgan fingerprint density at radius 3 is 2.65 bits per heavy atom. The van der Waals surface area contributed by atoms with Crippen molar-refractivity contribution in [3.63, 3.8) is 0 Å². The summed E-state index contributed by atoms with van der Waals surface area (Å²) in [4.78, 5) is 18.6. The monoisotopic (exact) mass is 309 g/mol. The molecule has 0 saturated carbocycles. The minimum Gasteiger partial charge on any atom is -0.385 e. The van der Waals surface area contributed by atoms with E-state index >= 15 is 0 Å². The lowest BCUT2D eigenvalue weighted by Gasteiger charge is -2.34. The standard InChI is InChI=1S/C17H19N5O/c23-16(17-18-7-8-19-17)12-5-9-22(10-6-12)15-11-20-13-3-1-2-4-14(13)21-15/h1-4,7-8,11-12,16,23H,5-6,9-10H2,(H,18,19). The molecule has 0 amide bonds. The van der Waals surface area contributed by atoms with Crippen LogP contribution in [-0.2, 0) is 0 Å². The van der Waals surface area contributed by atoms with Crippen molar-refractivity contribution in [3.8, 4) is 0 Å². The highest BCUT2D eigenvalue weighted by Gasteiger charge is 2.28. The summed E-state index contributed by atoms with van der Waals surface area (Å²) >= 11 is 0. The molecule has 118 valence electrons. The summed E-state index contributed by atoms with van der Waals surface area (Å²) in [5, 5.41) is 10.4. The molecule has 0 bridgehead atoms. The number of hydrogen-bond donors (Lipinski definition) is 2. The second-order valence-corrected chi connectivity index (χ2v) is 5.96. The van der Waals surface area contributed by atoms with E-state index in [2.05, 4.69) is 19.9 Å². The Hall–Kier alpha value is -2.47. The van der Waals surface area contributed by atoms with E-state index < -0.39 is 6.10 Å². The van der Waals surface area contributed by atoms with Crippen LogP contribution in [0.25, 0.3) is 11.0 Å². The number of benzene rings is 1. The Bertz CT molecular complexity index is 781. The van der Waals surface area contributed by atoms with Gasteiger partial charge >= 0.3 is 0 Å². The molecule has 23 heavy (non-hydrogen) atoms. The van der Waals surface area contributed by atoms with Crippen molar-refractivity contribution in [1.82, 2.24) is 19.9 Å². The second-order valence-electron chi connectivity index (χ2n) is 5.96. The number of aromatic amines is 1. The highest BCUT2D eigenvalue weighted by Crippen LogP contribution is 2.30. The lowest BCUT2D eigenvalue weighted by atomic mass is 9.91. The van der Waals surface area contributed by atoms with Gasteiger partial charge in [-0.1, -0.05) is 12.1 Å². The second kappa shape index (κ2) is 5.96. The number of aliphatic hydroxyl groups excluding tert-OH is 1. The number of nitrogens with one attached hydrogen (secondary N) is 1. The molecule has 1 atom stereocenters. The number of fused-ring (bicyclic) bond motifs is 1. The molecule has 1 unspecified atom stereocenters. The average Bonchev–Trinajstić information content (AvgIpc) is 3.15. The van der Waals surface area contributed by atoms with Gasteiger partial charge in [-0.15, -0.1) is 0 Å². The molecule has 1 saturated heterocycles. The molecule has 6 nitrogen and oxygen atoms in total. The molecule has 1 aliphatic heterocycles. The van der Waals surface area contributed by atoms with Gasteiger partial charge in [0.2, 0.25) is 0 Å². The van der Waals surface area contributed by atoms with E-state index in [1.807, 2.05) is 30.5 Å². The largest absolute Gasteiger partial charge is 0.385 e. The van der Waals surface area contributed by atoms with E-state index in [1.165, 1.54) is 0 Å². The van der Waals surface area contributed by atoms with Crippen molar-refractivity contribution in [2.24, 2.45) is 5.92 Å². The summed E-state index contributed by atoms with van der Waals surface area (Å²) in [5.41, 5.74) is 1.84. The molecule has 3 heterocycles. The van der Waals surface area contributed by atoms with Crippen LogP contribution in [0, 0.1) is 5.92 Å². The zero-order valence-electron chi connectivity index (χ0n) is 12.8. The Kier molecular flexibility index (Phi) is 3.67. The Morgan fingerprint density at radius 1 is 1.13 bits per heavy atom. The molecule has 3 aromatic rings. The van der Waals surface area contributed by atoms with Gasteiger partial charge in [-0.3, -0.25) is 4.98 Å². The molecule has 2 N–H and O–H groups in total. The van der Waals surface area contributed by atoms with Crippen LogP contribution in [0.4, 0.5) is 5.82 Å². The van der Waals surface area contributed by atoms with Crippen molar-refractivity contribution in [3.05, 3.63) is 48.7 Å². The van der Waals surface area contributed by atoms with E-state index in [1.54, 1.807) is 12.4 Å². The summed E-state index contributed by atoms with van der Waals surface area (Å²) < 4.78 is 0. The van der Waals surface area contributed by atoms with Crippen molar-refractivity contribution in [2.45, 2.75) is 18.9 Å². The van der Waals surface area contributed by atoms with Crippen molar-refractivity contribution in [2.75, 3.05) is 18.0 Å². The highest BCUT2D eigenvalue weighted by molar-refractivity contribution is 5.75. The first-order valence-electron chi connectivity index (χ1n) is 7.95. The number of nitrogens with zero attached hydrogens (tertiary/aromatic N) is 4. The normalized spacial score (nSPS) is 17.5. The smallest absolute Gasteiger partial charge is 0.147 e. The molecule has 1 aromatic carbocycles. The summed E-state index contributed by atoms with van der Waals surface area (Å²) in [6, 6.07) is 7.91. The predicted octanol–water partition coefficient (Wildman–Crippen LogP) is 2.30. The third kappa shape index (κ3) is 2.77. The van der Waals surface area contributed by atoms with Gasteiger partial charge in [0.05, 0.1) is 17.2 Å². The Morgan fingerprint density at radius 2 is 1.91 bits per heavy atom. The van der Waals surface area contributed by atoms with Crippen LogP contribution in [0.5, 0.6) is 0 Å². The Balaban J connectivity index is 1.46. The number of aliphatic hydroxyl groups is 1.